The molecular weight excluding hydrogens is 354 g/mol. The second kappa shape index (κ2) is 9.63. The third kappa shape index (κ3) is 5.90. The van der Waals surface area contributed by atoms with Crippen molar-refractivity contribution in [2.75, 3.05) is 31.3 Å². The summed E-state index contributed by atoms with van der Waals surface area (Å²) in [5, 5.41) is 2.96. The van der Waals surface area contributed by atoms with Crippen molar-refractivity contribution in [1.29, 1.82) is 0 Å². The summed E-state index contributed by atoms with van der Waals surface area (Å²) in [5.41, 5.74) is 1.31. The van der Waals surface area contributed by atoms with Crippen LogP contribution in [0.1, 0.15) is 5.56 Å². The molecule has 0 fully saturated rings. The number of fused-ring (bicyclic) bond motifs is 1. The van der Waals surface area contributed by atoms with E-state index in [0.717, 1.165) is 27.9 Å². The molecule has 1 heterocycles. The fourth-order valence-electron chi connectivity index (χ4n) is 2.34. The standard InChI is InChI=1S/C19H21NO3S2/c21-19(20-8-11-24-13-15-4-2-1-3-5-15)14-25-16-6-7-17-18(12-16)23-10-9-22-17/h1-7,12H,8-11,13-14H2,(H,20,21). The van der Waals surface area contributed by atoms with Crippen LogP contribution >= 0.6 is 23.5 Å². The van der Waals surface area contributed by atoms with E-state index >= 15 is 0 Å². The number of thioether (sulfide) groups is 2. The molecule has 0 unspecified atom stereocenters. The van der Waals surface area contributed by atoms with Gasteiger partial charge in [0.1, 0.15) is 13.2 Å². The van der Waals surface area contributed by atoms with E-state index in [4.69, 9.17) is 9.47 Å². The van der Waals surface area contributed by atoms with E-state index in [2.05, 4.69) is 17.4 Å². The van der Waals surface area contributed by atoms with Crippen molar-refractivity contribution in [3.63, 3.8) is 0 Å². The molecule has 0 atom stereocenters. The Labute approximate surface area is 156 Å². The second-order valence-electron chi connectivity index (χ2n) is 5.48. The van der Waals surface area contributed by atoms with Crippen LogP contribution in [0.3, 0.4) is 0 Å². The molecular formula is C19H21NO3S2. The molecule has 2 aromatic rings. The minimum absolute atomic E-state index is 0.0557. The first-order valence-electron chi connectivity index (χ1n) is 8.22. The number of benzene rings is 2. The smallest absolute Gasteiger partial charge is 0.230 e. The number of carbonyl (C=O) groups is 1. The summed E-state index contributed by atoms with van der Waals surface area (Å²) in [6, 6.07) is 16.1. The highest BCUT2D eigenvalue weighted by Gasteiger charge is 2.12. The molecule has 0 aliphatic carbocycles. The molecule has 1 aliphatic rings. The van der Waals surface area contributed by atoms with Crippen LogP contribution in [0.2, 0.25) is 0 Å². The highest BCUT2D eigenvalue weighted by Crippen LogP contribution is 2.34. The van der Waals surface area contributed by atoms with Crippen LogP contribution in [0.5, 0.6) is 11.5 Å². The molecule has 6 heteroatoms. The number of hydrogen-bond acceptors (Lipinski definition) is 5. The van der Waals surface area contributed by atoms with Gasteiger partial charge in [-0.2, -0.15) is 11.8 Å². The molecule has 1 N–H and O–H groups in total. The topological polar surface area (TPSA) is 47.6 Å². The monoisotopic (exact) mass is 375 g/mol. The maximum absolute atomic E-state index is 11.9. The number of hydrogen-bond donors (Lipinski definition) is 1. The van der Waals surface area contributed by atoms with Gasteiger partial charge in [-0.3, -0.25) is 4.79 Å². The van der Waals surface area contributed by atoms with Crippen LogP contribution in [-0.4, -0.2) is 37.2 Å². The van der Waals surface area contributed by atoms with E-state index in [9.17, 15) is 4.79 Å². The maximum atomic E-state index is 11.9. The van der Waals surface area contributed by atoms with Gasteiger partial charge in [0.2, 0.25) is 5.91 Å². The van der Waals surface area contributed by atoms with E-state index in [1.807, 2.05) is 48.2 Å². The van der Waals surface area contributed by atoms with E-state index < -0.39 is 0 Å². The summed E-state index contributed by atoms with van der Waals surface area (Å²) in [4.78, 5) is 13.0. The van der Waals surface area contributed by atoms with Crippen LogP contribution < -0.4 is 14.8 Å². The Kier molecular flexibility index (Phi) is 6.94. The molecule has 0 bridgehead atoms. The number of nitrogens with one attached hydrogen (secondary N) is 1. The molecule has 2 aromatic carbocycles. The van der Waals surface area contributed by atoms with Crippen molar-refractivity contribution in [2.24, 2.45) is 0 Å². The summed E-state index contributed by atoms with van der Waals surface area (Å²) >= 11 is 3.33. The van der Waals surface area contributed by atoms with E-state index in [0.29, 0.717) is 25.5 Å². The van der Waals surface area contributed by atoms with E-state index in [1.54, 1.807) is 0 Å². The maximum Gasteiger partial charge on any atom is 0.230 e. The Hall–Kier alpha value is -1.79. The Bertz CT molecular complexity index is 694. The Balaban J connectivity index is 1.31. The summed E-state index contributed by atoms with van der Waals surface area (Å²) in [7, 11) is 0. The van der Waals surface area contributed by atoms with Gasteiger partial charge in [-0.15, -0.1) is 11.8 Å². The largest absolute Gasteiger partial charge is 0.486 e. The number of carbonyl (C=O) groups excluding carboxylic acids is 1. The molecule has 3 rings (SSSR count). The molecule has 0 spiro atoms. The lowest BCUT2D eigenvalue weighted by Crippen LogP contribution is -2.27. The summed E-state index contributed by atoms with van der Waals surface area (Å²) < 4.78 is 11.1. The normalized spacial score (nSPS) is 12.6. The van der Waals surface area contributed by atoms with Crippen LogP contribution in [0.25, 0.3) is 0 Å². The highest BCUT2D eigenvalue weighted by molar-refractivity contribution is 8.00. The number of amides is 1. The lowest BCUT2D eigenvalue weighted by atomic mass is 10.2. The summed E-state index contributed by atoms with van der Waals surface area (Å²) in [6.45, 7) is 1.85. The van der Waals surface area contributed by atoms with Gasteiger partial charge in [0.25, 0.3) is 0 Å². The minimum Gasteiger partial charge on any atom is -0.486 e. The molecule has 0 saturated heterocycles. The highest BCUT2D eigenvalue weighted by atomic mass is 32.2. The number of rotatable bonds is 8. The lowest BCUT2D eigenvalue weighted by molar-refractivity contribution is -0.118. The van der Waals surface area contributed by atoms with Gasteiger partial charge in [0, 0.05) is 22.9 Å². The summed E-state index contributed by atoms with van der Waals surface area (Å²) in [5.74, 6) is 3.88. The van der Waals surface area contributed by atoms with Crippen LogP contribution in [0.15, 0.2) is 53.4 Å². The zero-order valence-electron chi connectivity index (χ0n) is 13.9. The van der Waals surface area contributed by atoms with Crippen molar-refractivity contribution in [3.8, 4) is 11.5 Å². The fourth-order valence-corrected chi connectivity index (χ4v) is 3.91. The average Bonchev–Trinajstić information content (AvgIpc) is 2.67. The van der Waals surface area contributed by atoms with Gasteiger partial charge in [-0.1, -0.05) is 30.3 Å². The van der Waals surface area contributed by atoms with E-state index in [1.165, 1.54) is 17.3 Å². The van der Waals surface area contributed by atoms with Crippen LogP contribution in [0.4, 0.5) is 0 Å². The predicted octanol–water partition coefficient (Wildman–Crippen LogP) is 3.60. The third-order valence-electron chi connectivity index (χ3n) is 3.56. The molecule has 4 nitrogen and oxygen atoms in total. The fraction of sp³-hybridized carbons (Fsp3) is 0.316. The van der Waals surface area contributed by atoms with E-state index in [-0.39, 0.29) is 5.91 Å². The van der Waals surface area contributed by atoms with Gasteiger partial charge in [0.05, 0.1) is 5.75 Å². The average molecular weight is 376 g/mol. The first-order chi connectivity index (χ1) is 12.3. The van der Waals surface area contributed by atoms with Crippen molar-refractivity contribution in [2.45, 2.75) is 10.6 Å². The quantitative estimate of drug-likeness (QED) is 0.564. The van der Waals surface area contributed by atoms with Crippen molar-refractivity contribution in [3.05, 3.63) is 54.1 Å². The molecule has 0 saturated carbocycles. The van der Waals surface area contributed by atoms with Gasteiger partial charge in [-0.05, 0) is 23.8 Å². The van der Waals surface area contributed by atoms with Crippen LogP contribution in [0, 0.1) is 0 Å². The van der Waals surface area contributed by atoms with Gasteiger partial charge in [-0.25, -0.2) is 0 Å². The summed E-state index contributed by atoms with van der Waals surface area (Å²) in [6.07, 6.45) is 0. The van der Waals surface area contributed by atoms with Crippen molar-refractivity contribution in [1.82, 2.24) is 5.32 Å². The molecule has 0 aromatic heterocycles. The zero-order valence-corrected chi connectivity index (χ0v) is 15.5. The zero-order chi connectivity index (χ0) is 17.3. The Morgan fingerprint density at radius 1 is 1.04 bits per heavy atom. The molecule has 132 valence electrons. The molecule has 0 radical (unpaired) electrons. The van der Waals surface area contributed by atoms with Gasteiger partial charge < -0.3 is 14.8 Å². The Morgan fingerprint density at radius 2 is 1.84 bits per heavy atom. The first-order valence-corrected chi connectivity index (χ1v) is 10.4. The Morgan fingerprint density at radius 3 is 2.68 bits per heavy atom. The lowest BCUT2D eigenvalue weighted by Gasteiger charge is -2.18. The van der Waals surface area contributed by atoms with Crippen molar-refractivity contribution >= 4 is 29.4 Å². The second-order valence-corrected chi connectivity index (χ2v) is 7.64. The van der Waals surface area contributed by atoms with Gasteiger partial charge in [0.15, 0.2) is 11.5 Å². The molecule has 1 aliphatic heterocycles. The predicted molar refractivity (Wildman–Crippen MR) is 104 cm³/mol. The number of ether oxygens (including phenoxy) is 2. The SMILES string of the molecule is O=C(CSc1ccc2c(c1)OCCO2)NCCSCc1ccccc1. The minimum atomic E-state index is 0.0557. The third-order valence-corrected chi connectivity index (χ3v) is 5.59. The van der Waals surface area contributed by atoms with Crippen LogP contribution in [-0.2, 0) is 10.5 Å². The molecule has 25 heavy (non-hydrogen) atoms. The molecule has 1 amide bonds. The van der Waals surface area contributed by atoms with Gasteiger partial charge >= 0.3 is 0 Å². The first kappa shape index (κ1) is 18.0. The van der Waals surface area contributed by atoms with Crippen molar-refractivity contribution < 1.29 is 14.3 Å².